The van der Waals surface area contributed by atoms with E-state index in [1.807, 2.05) is 6.92 Å². The zero-order valence-electron chi connectivity index (χ0n) is 7.19. The lowest BCUT2D eigenvalue weighted by Gasteiger charge is -2.32. The highest BCUT2D eigenvalue weighted by molar-refractivity contribution is 5.76. The predicted molar refractivity (Wildman–Crippen MR) is 45.9 cm³/mol. The van der Waals surface area contributed by atoms with Crippen LogP contribution in [0.5, 0.6) is 0 Å². The smallest absolute Gasteiger partial charge is 0.0925 e. The molecule has 11 heavy (non-hydrogen) atoms. The van der Waals surface area contributed by atoms with Crippen molar-refractivity contribution in [3.8, 4) is 0 Å². The molecule has 0 aromatic carbocycles. The highest BCUT2D eigenvalue weighted by Crippen LogP contribution is 2.53. The van der Waals surface area contributed by atoms with Gasteiger partial charge in [-0.1, -0.05) is 0 Å². The van der Waals surface area contributed by atoms with E-state index in [1.54, 1.807) is 0 Å². The van der Waals surface area contributed by atoms with Crippen LogP contribution in [0.1, 0.15) is 32.6 Å². The molecule has 1 spiro atoms. The highest BCUT2D eigenvalue weighted by atomic mass is 15.2. The van der Waals surface area contributed by atoms with Gasteiger partial charge in [-0.2, -0.15) is 0 Å². The first kappa shape index (κ1) is 7.14. The Hall–Kier alpha value is -0.530. The summed E-state index contributed by atoms with van der Waals surface area (Å²) in [7, 11) is 0. The second kappa shape index (κ2) is 2.23. The molecule has 1 heterocycles. The Morgan fingerprint density at radius 3 is 2.09 bits per heavy atom. The Morgan fingerprint density at radius 1 is 1.18 bits per heavy atom. The van der Waals surface area contributed by atoms with Crippen LogP contribution in [-0.4, -0.2) is 23.8 Å². The van der Waals surface area contributed by atoms with Gasteiger partial charge in [0.05, 0.1) is 5.84 Å². The van der Waals surface area contributed by atoms with Crippen molar-refractivity contribution >= 4 is 5.84 Å². The molecule has 62 valence electrons. The average Bonchev–Trinajstić information content (AvgIpc) is 2.70. The van der Waals surface area contributed by atoms with E-state index >= 15 is 0 Å². The van der Waals surface area contributed by atoms with E-state index in [9.17, 15) is 0 Å². The summed E-state index contributed by atoms with van der Waals surface area (Å²) in [4.78, 5) is 2.20. The molecule has 2 nitrogen and oxygen atoms in total. The van der Waals surface area contributed by atoms with E-state index in [4.69, 9.17) is 5.41 Å². The zero-order chi connectivity index (χ0) is 7.90. The summed E-state index contributed by atoms with van der Waals surface area (Å²) in [6.07, 6.45) is 5.59. The fraction of sp³-hybridized carbons (Fsp3) is 0.889. The van der Waals surface area contributed by atoms with Crippen molar-refractivity contribution in [2.45, 2.75) is 32.6 Å². The van der Waals surface area contributed by atoms with Crippen LogP contribution in [-0.2, 0) is 0 Å². The van der Waals surface area contributed by atoms with E-state index in [2.05, 4.69) is 4.90 Å². The maximum Gasteiger partial charge on any atom is 0.0925 e. The van der Waals surface area contributed by atoms with Gasteiger partial charge in [-0.15, -0.1) is 0 Å². The van der Waals surface area contributed by atoms with Crippen molar-refractivity contribution in [1.82, 2.24) is 4.90 Å². The second-order valence-corrected chi connectivity index (χ2v) is 4.07. The number of amidine groups is 1. The van der Waals surface area contributed by atoms with Gasteiger partial charge in [-0.3, -0.25) is 5.41 Å². The summed E-state index contributed by atoms with van der Waals surface area (Å²) in [5.74, 6) is 0.750. The summed E-state index contributed by atoms with van der Waals surface area (Å²) < 4.78 is 0. The number of hydrogen-bond donors (Lipinski definition) is 1. The third kappa shape index (κ3) is 1.26. The van der Waals surface area contributed by atoms with Crippen molar-refractivity contribution in [1.29, 1.82) is 5.41 Å². The molecule has 0 atom stereocenters. The van der Waals surface area contributed by atoms with Crippen LogP contribution in [0.25, 0.3) is 0 Å². The van der Waals surface area contributed by atoms with Gasteiger partial charge in [0.25, 0.3) is 0 Å². The number of nitrogens with zero attached hydrogens (tertiary/aromatic N) is 1. The van der Waals surface area contributed by atoms with Crippen molar-refractivity contribution in [2.75, 3.05) is 13.1 Å². The molecular formula is C9H16N2. The van der Waals surface area contributed by atoms with Gasteiger partial charge in [0.1, 0.15) is 0 Å². The maximum absolute atomic E-state index is 7.46. The maximum atomic E-state index is 7.46. The minimum atomic E-state index is 0.750. The van der Waals surface area contributed by atoms with Crippen LogP contribution in [0.15, 0.2) is 0 Å². The van der Waals surface area contributed by atoms with Crippen LogP contribution < -0.4 is 0 Å². The number of likely N-dealkylation sites (tertiary alicyclic amines) is 1. The van der Waals surface area contributed by atoms with Gasteiger partial charge in [0, 0.05) is 13.1 Å². The molecule has 0 unspecified atom stereocenters. The minimum absolute atomic E-state index is 0.750. The Balaban J connectivity index is 1.89. The first-order valence-electron chi connectivity index (χ1n) is 4.52. The summed E-state index contributed by atoms with van der Waals surface area (Å²) >= 11 is 0. The van der Waals surface area contributed by atoms with E-state index in [0.29, 0.717) is 0 Å². The van der Waals surface area contributed by atoms with E-state index in [-0.39, 0.29) is 0 Å². The monoisotopic (exact) mass is 152 g/mol. The molecule has 1 aliphatic heterocycles. The molecule has 0 aromatic rings. The van der Waals surface area contributed by atoms with Gasteiger partial charge >= 0.3 is 0 Å². The molecule has 2 aliphatic rings. The van der Waals surface area contributed by atoms with Gasteiger partial charge in [-0.05, 0) is 38.0 Å². The van der Waals surface area contributed by atoms with Crippen LogP contribution >= 0.6 is 0 Å². The van der Waals surface area contributed by atoms with Crippen LogP contribution in [0, 0.1) is 10.8 Å². The summed E-state index contributed by atoms with van der Waals surface area (Å²) in [6.45, 7) is 4.16. The Kier molecular flexibility index (Phi) is 1.44. The largest absolute Gasteiger partial charge is 0.361 e. The molecule has 0 amide bonds. The fourth-order valence-corrected chi connectivity index (χ4v) is 1.99. The standard InChI is InChI=1S/C9H16N2/c1-8(10)11-6-4-9(2-3-9)5-7-11/h10H,2-7H2,1H3. The lowest BCUT2D eigenvalue weighted by molar-refractivity contribution is 0.248. The third-order valence-electron chi connectivity index (χ3n) is 3.26. The molecule has 0 radical (unpaired) electrons. The molecule has 1 aliphatic carbocycles. The molecule has 1 saturated heterocycles. The highest BCUT2D eigenvalue weighted by Gasteiger charge is 2.44. The minimum Gasteiger partial charge on any atom is -0.361 e. The van der Waals surface area contributed by atoms with Crippen molar-refractivity contribution in [3.63, 3.8) is 0 Å². The lowest BCUT2D eigenvalue weighted by Crippen LogP contribution is -2.37. The summed E-state index contributed by atoms with van der Waals surface area (Å²) in [5, 5.41) is 7.46. The zero-order valence-corrected chi connectivity index (χ0v) is 7.19. The van der Waals surface area contributed by atoms with Crippen LogP contribution in [0.2, 0.25) is 0 Å². The number of hydrogen-bond acceptors (Lipinski definition) is 1. The Bertz CT molecular complexity index is 172. The summed E-state index contributed by atoms with van der Waals surface area (Å²) in [5.41, 5.74) is 0.756. The van der Waals surface area contributed by atoms with Crippen molar-refractivity contribution in [2.24, 2.45) is 5.41 Å². The SMILES string of the molecule is CC(=N)N1CCC2(CC1)CC2. The first-order valence-corrected chi connectivity index (χ1v) is 4.52. The first-order chi connectivity index (χ1) is 5.22. The normalized spacial score (nSPS) is 27.2. The molecule has 2 fully saturated rings. The number of piperidine rings is 1. The van der Waals surface area contributed by atoms with Gasteiger partial charge in [0.2, 0.25) is 0 Å². The lowest BCUT2D eigenvalue weighted by atomic mass is 9.94. The van der Waals surface area contributed by atoms with Gasteiger partial charge in [-0.25, -0.2) is 0 Å². The van der Waals surface area contributed by atoms with Gasteiger partial charge in [0.15, 0.2) is 0 Å². The molecule has 0 bridgehead atoms. The molecule has 2 heteroatoms. The van der Waals surface area contributed by atoms with E-state index < -0.39 is 0 Å². The fourth-order valence-electron chi connectivity index (χ4n) is 1.99. The number of rotatable bonds is 0. The molecule has 2 rings (SSSR count). The van der Waals surface area contributed by atoms with Crippen molar-refractivity contribution < 1.29 is 0 Å². The second-order valence-electron chi connectivity index (χ2n) is 4.07. The van der Waals surface area contributed by atoms with Crippen LogP contribution in [0.3, 0.4) is 0 Å². The van der Waals surface area contributed by atoms with Gasteiger partial charge < -0.3 is 4.90 Å². The summed E-state index contributed by atoms with van der Waals surface area (Å²) in [6, 6.07) is 0. The molecule has 1 N–H and O–H groups in total. The number of nitrogens with one attached hydrogen (secondary N) is 1. The predicted octanol–water partition coefficient (Wildman–Crippen LogP) is 1.86. The van der Waals surface area contributed by atoms with Crippen LogP contribution in [0.4, 0.5) is 0 Å². The van der Waals surface area contributed by atoms with E-state index in [0.717, 1.165) is 24.3 Å². The molecular weight excluding hydrogens is 136 g/mol. The Labute approximate surface area is 68.1 Å². The quantitative estimate of drug-likeness (QED) is 0.416. The third-order valence-corrected chi connectivity index (χ3v) is 3.26. The average molecular weight is 152 g/mol. The topological polar surface area (TPSA) is 27.1 Å². The van der Waals surface area contributed by atoms with Crippen molar-refractivity contribution in [3.05, 3.63) is 0 Å². The Morgan fingerprint density at radius 2 is 1.73 bits per heavy atom. The molecule has 0 aromatic heterocycles. The molecule has 1 saturated carbocycles. The van der Waals surface area contributed by atoms with E-state index in [1.165, 1.54) is 25.7 Å².